The summed E-state index contributed by atoms with van der Waals surface area (Å²) >= 11 is 0. The summed E-state index contributed by atoms with van der Waals surface area (Å²) < 4.78 is 5.48. The molecule has 0 rings (SSSR count). The zero-order valence-electron chi connectivity index (χ0n) is 47.7. The van der Waals surface area contributed by atoms with Crippen LogP contribution in [0.2, 0.25) is 0 Å². The first kappa shape index (κ1) is 69.1. The molecular formula is C65H123NO5. The standard InChI is InChI=1S/C65H123NO5/c1-3-5-7-9-11-13-15-17-19-21-23-27-31-35-39-43-47-51-55-59-65(70)71-60-56-52-48-44-40-36-32-28-24-26-30-34-38-42-46-50-54-58-64(69)66-62(61-67)63(68)57-53-49-45-41-37-33-29-25-22-20-18-16-14-12-10-8-6-4-2/h24,28,36,40,53,57,62-63,67-68H,3-23,25-27,29-35,37-39,41-52,54-56,58-61H2,1-2H3,(H,66,69)/b28-24-,40-36-,57-53+. The number of esters is 1. The van der Waals surface area contributed by atoms with E-state index in [9.17, 15) is 19.8 Å². The molecule has 6 nitrogen and oxygen atoms in total. The first-order valence-electron chi connectivity index (χ1n) is 31.8. The van der Waals surface area contributed by atoms with Gasteiger partial charge in [0, 0.05) is 12.8 Å². The molecule has 0 saturated heterocycles. The van der Waals surface area contributed by atoms with Crippen LogP contribution in [0.4, 0.5) is 0 Å². The van der Waals surface area contributed by atoms with E-state index in [1.165, 1.54) is 231 Å². The minimum absolute atomic E-state index is 0.0114. The van der Waals surface area contributed by atoms with Gasteiger partial charge >= 0.3 is 5.97 Å². The van der Waals surface area contributed by atoms with Crippen molar-refractivity contribution in [3.05, 3.63) is 36.5 Å². The molecule has 1 amide bonds. The van der Waals surface area contributed by atoms with Crippen molar-refractivity contribution in [1.29, 1.82) is 0 Å². The number of nitrogens with one attached hydrogen (secondary N) is 1. The number of aliphatic hydroxyl groups excluding tert-OH is 2. The minimum atomic E-state index is -0.856. The highest BCUT2D eigenvalue weighted by Crippen LogP contribution is 2.17. The van der Waals surface area contributed by atoms with Gasteiger partial charge in [-0.3, -0.25) is 9.59 Å². The molecule has 0 aromatic rings. The molecule has 0 spiro atoms. The van der Waals surface area contributed by atoms with Crippen LogP contribution in [0.25, 0.3) is 0 Å². The summed E-state index contributed by atoms with van der Waals surface area (Å²) in [5, 5.41) is 23.2. The van der Waals surface area contributed by atoms with Crippen molar-refractivity contribution in [3.63, 3.8) is 0 Å². The molecular weight excluding hydrogens is 875 g/mol. The zero-order chi connectivity index (χ0) is 51.4. The third-order valence-corrected chi connectivity index (χ3v) is 14.7. The van der Waals surface area contributed by atoms with Crippen LogP contribution in [-0.4, -0.2) is 47.4 Å². The topological polar surface area (TPSA) is 95.9 Å². The number of unbranched alkanes of at least 4 members (excludes halogenated alkanes) is 44. The smallest absolute Gasteiger partial charge is 0.305 e. The molecule has 71 heavy (non-hydrogen) atoms. The molecule has 0 bridgehead atoms. The van der Waals surface area contributed by atoms with Crippen LogP contribution in [0.3, 0.4) is 0 Å². The summed E-state index contributed by atoms with van der Waals surface area (Å²) in [6.07, 6.45) is 76.1. The van der Waals surface area contributed by atoms with Gasteiger partial charge < -0.3 is 20.3 Å². The predicted octanol–water partition coefficient (Wildman–Crippen LogP) is 20.0. The number of carbonyl (C=O) groups is 2. The Bertz CT molecular complexity index is 1150. The fourth-order valence-electron chi connectivity index (χ4n) is 9.78. The van der Waals surface area contributed by atoms with Crippen molar-refractivity contribution < 1.29 is 24.5 Å². The number of amides is 1. The minimum Gasteiger partial charge on any atom is -0.466 e. The third-order valence-electron chi connectivity index (χ3n) is 14.7. The second-order valence-corrected chi connectivity index (χ2v) is 21.7. The molecule has 0 aliphatic heterocycles. The Hall–Kier alpha value is -1.92. The second-order valence-electron chi connectivity index (χ2n) is 21.7. The number of allylic oxidation sites excluding steroid dienone is 5. The average molecular weight is 999 g/mol. The Labute approximate surface area is 443 Å². The van der Waals surface area contributed by atoms with Gasteiger partial charge in [-0.25, -0.2) is 0 Å². The van der Waals surface area contributed by atoms with Crippen molar-refractivity contribution in [1.82, 2.24) is 5.32 Å². The van der Waals surface area contributed by atoms with E-state index < -0.39 is 12.1 Å². The van der Waals surface area contributed by atoms with E-state index in [0.29, 0.717) is 19.4 Å². The second kappa shape index (κ2) is 60.6. The Morgan fingerprint density at radius 2 is 0.704 bits per heavy atom. The van der Waals surface area contributed by atoms with Gasteiger partial charge in [-0.05, 0) is 70.6 Å². The average Bonchev–Trinajstić information content (AvgIpc) is 3.37. The van der Waals surface area contributed by atoms with Gasteiger partial charge in [-0.1, -0.05) is 294 Å². The lowest BCUT2D eigenvalue weighted by Gasteiger charge is -2.20. The summed E-state index contributed by atoms with van der Waals surface area (Å²) in [5.74, 6) is -0.0934. The van der Waals surface area contributed by atoms with Crippen molar-refractivity contribution in [3.8, 4) is 0 Å². The molecule has 0 aliphatic rings. The Morgan fingerprint density at radius 1 is 0.394 bits per heavy atom. The summed E-state index contributed by atoms with van der Waals surface area (Å²) in [4.78, 5) is 24.6. The highest BCUT2D eigenvalue weighted by molar-refractivity contribution is 5.76. The van der Waals surface area contributed by atoms with Crippen LogP contribution in [-0.2, 0) is 14.3 Å². The SMILES string of the molecule is CCCCCCCCCCCCCCCCCC/C=C/C(O)C(CO)NC(=O)CCCCCCCCC/C=C\C/C=C\CCCCCOC(=O)CCCCCCCCCCCCCCCCCCCCC. The van der Waals surface area contributed by atoms with Gasteiger partial charge in [0.15, 0.2) is 0 Å². The molecule has 0 aromatic heterocycles. The monoisotopic (exact) mass is 998 g/mol. The Kier molecular flexibility index (Phi) is 59.0. The molecule has 3 N–H and O–H groups in total. The maximum atomic E-state index is 12.5. The Balaban J connectivity index is 3.49. The van der Waals surface area contributed by atoms with Crippen molar-refractivity contribution in [2.75, 3.05) is 13.2 Å². The van der Waals surface area contributed by atoms with Crippen LogP contribution in [0.5, 0.6) is 0 Å². The highest BCUT2D eigenvalue weighted by atomic mass is 16.5. The Morgan fingerprint density at radius 3 is 1.07 bits per heavy atom. The van der Waals surface area contributed by atoms with E-state index in [0.717, 1.165) is 83.5 Å². The van der Waals surface area contributed by atoms with Crippen LogP contribution in [0.1, 0.15) is 341 Å². The highest BCUT2D eigenvalue weighted by Gasteiger charge is 2.18. The molecule has 0 saturated carbocycles. The molecule has 2 atom stereocenters. The summed E-state index contributed by atoms with van der Waals surface area (Å²) in [6, 6.07) is -0.641. The van der Waals surface area contributed by atoms with E-state index in [2.05, 4.69) is 43.5 Å². The number of carbonyl (C=O) groups excluding carboxylic acids is 2. The predicted molar refractivity (Wildman–Crippen MR) is 310 cm³/mol. The zero-order valence-corrected chi connectivity index (χ0v) is 47.7. The number of ether oxygens (including phenoxy) is 1. The summed E-state index contributed by atoms with van der Waals surface area (Å²) in [7, 11) is 0. The molecule has 418 valence electrons. The fourth-order valence-corrected chi connectivity index (χ4v) is 9.78. The van der Waals surface area contributed by atoms with Gasteiger partial charge in [0.1, 0.15) is 0 Å². The van der Waals surface area contributed by atoms with Crippen molar-refractivity contribution >= 4 is 11.9 Å². The molecule has 0 fully saturated rings. The van der Waals surface area contributed by atoms with Gasteiger partial charge in [0.05, 0.1) is 25.4 Å². The first-order valence-corrected chi connectivity index (χ1v) is 31.8. The normalized spacial score (nSPS) is 12.8. The third kappa shape index (κ3) is 57.2. The van der Waals surface area contributed by atoms with E-state index in [1.807, 2.05) is 6.08 Å². The van der Waals surface area contributed by atoms with Crippen LogP contribution in [0.15, 0.2) is 36.5 Å². The lowest BCUT2D eigenvalue weighted by molar-refractivity contribution is -0.143. The van der Waals surface area contributed by atoms with Crippen molar-refractivity contribution in [2.45, 2.75) is 353 Å². The van der Waals surface area contributed by atoms with Gasteiger partial charge in [-0.2, -0.15) is 0 Å². The lowest BCUT2D eigenvalue weighted by Crippen LogP contribution is -2.45. The maximum Gasteiger partial charge on any atom is 0.305 e. The molecule has 0 aromatic carbocycles. The van der Waals surface area contributed by atoms with Crippen LogP contribution < -0.4 is 5.32 Å². The number of hydrogen-bond acceptors (Lipinski definition) is 5. The van der Waals surface area contributed by atoms with E-state index in [-0.39, 0.29) is 18.5 Å². The number of rotatable bonds is 59. The van der Waals surface area contributed by atoms with Crippen molar-refractivity contribution in [2.24, 2.45) is 0 Å². The lowest BCUT2D eigenvalue weighted by atomic mass is 10.0. The van der Waals surface area contributed by atoms with E-state index in [1.54, 1.807) is 6.08 Å². The van der Waals surface area contributed by atoms with Gasteiger partial charge in [0.25, 0.3) is 0 Å². The quantitative estimate of drug-likeness (QED) is 0.0321. The van der Waals surface area contributed by atoms with Gasteiger partial charge in [-0.15, -0.1) is 0 Å². The first-order chi connectivity index (χ1) is 35.0. The van der Waals surface area contributed by atoms with Gasteiger partial charge in [0.2, 0.25) is 5.91 Å². The number of aliphatic hydroxyl groups is 2. The van der Waals surface area contributed by atoms with E-state index >= 15 is 0 Å². The molecule has 0 radical (unpaired) electrons. The van der Waals surface area contributed by atoms with Crippen LogP contribution >= 0.6 is 0 Å². The summed E-state index contributed by atoms with van der Waals surface area (Å²) in [6.45, 7) is 4.89. The molecule has 6 heteroatoms. The molecule has 0 heterocycles. The number of hydrogen-bond donors (Lipinski definition) is 3. The van der Waals surface area contributed by atoms with Crippen LogP contribution in [0, 0.1) is 0 Å². The summed E-state index contributed by atoms with van der Waals surface area (Å²) in [5.41, 5.74) is 0. The fraction of sp³-hybridized carbons (Fsp3) is 0.877. The molecule has 2 unspecified atom stereocenters. The van der Waals surface area contributed by atoms with E-state index in [4.69, 9.17) is 4.74 Å². The largest absolute Gasteiger partial charge is 0.466 e. The molecule has 0 aliphatic carbocycles. The maximum absolute atomic E-state index is 12.5.